The van der Waals surface area contributed by atoms with Gasteiger partial charge in [-0.15, -0.1) is 0 Å². The first-order chi connectivity index (χ1) is 9.69. The molecule has 5 nitrogen and oxygen atoms in total. The number of hydrogen-bond acceptors (Lipinski definition) is 4. The van der Waals surface area contributed by atoms with Crippen molar-refractivity contribution >= 4 is 5.97 Å². The van der Waals surface area contributed by atoms with Crippen molar-refractivity contribution < 1.29 is 9.53 Å². The van der Waals surface area contributed by atoms with E-state index in [0.29, 0.717) is 12.6 Å². The van der Waals surface area contributed by atoms with Gasteiger partial charge in [-0.3, -0.25) is 9.48 Å². The molecule has 1 heterocycles. The third-order valence-electron chi connectivity index (χ3n) is 3.90. The van der Waals surface area contributed by atoms with E-state index < -0.39 is 0 Å². The minimum Gasteiger partial charge on any atom is -0.466 e. The Bertz CT molecular complexity index is 431. The summed E-state index contributed by atoms with van der Waals surface area (Å²) in [5.74, 6) is 0.0610. The fourth-order valence-corrected chi connectivity index (χ4v) is 2.87. The summed E-state index contributed by atoms with van der Waals surface area (Å²) in [7, 11) is 1.93. The van der Waals surface area contributed by atoms with Crippen LogP contribution in [0.3, 0.4) is 0 Å². The van der Waals surface area contributed by atoms with Gasteiger partial charge in [0.1, 0.15) is 0 Å². The molecule has 112 valence electrons. The Morgan fingerprint density at radius 3 is 3.10 bits per heavy atom. The highest BCUT2D eigenvalue weighted by Gasteiger charge is 2.27. The third kappa shape index (κ3) is 4.34. The summed E-state index contributed by atoms with van der Waals surface area (Å²) < 4.78 is 6.95. The van der Waals surface area contributed by atoms with Gasteiger partial charge in [0.2, 0.25) is 0 Å². The topological polar surface area (TPSA) is 56.1 Å². The number of esters is 1. The van der Waals surface area contributed by atoms with Crippen molar-refractivity contribution in [3.63, 3.8) is 0 Å². The lowest BCUT2D eigenvalue weighted by Gasteiger charge is -2.28. The van der Waals surface area contributed by atoms with Gasteiger partial charge in [0.25, 0.3) is 0 Å². The van der Waals surface area contributed by atoms with Crippen LogP contribution in [0.25, 0.3) is 0 Å². The largest absolute Gasteiger partial charge is 0.466 e. The molecule has 0 radical (unpaired) electrons. The van der Waals surface area contributed by atoms with Gasteiger partial charge >= 0.3 is 5.97 Å². The molecule has 5 heteroatoms. The molecular weight excluding hydrogens is 254 g/mol. The standard InChI is InChI=1S/C15H25N3O2/c1-3-20-15(19)13-5-4-6-14(9-13)16-8-7-12-10-17-18(2)11-12/h10-11,13-14,16H,3-9H2,1-2H3. The maximum atomic E-state index is 11.8. The van der Waals surface area contributed by atoms with Crippen LogP contribution in [-0.2, 0) is 23.0 Å². The summed E-state index contributed by atoms with van der Waals surface area (Å²) in [4.78, 5) is 11.8. The molecule has 0 bridgehead atoms. The molecule has 1 aromatic heterocycles. The minimum absolute atomic E-state index is 0.0220. The number of nitrogens with zero attached hydrogens (tertiary/aromatic N) is 2. The van der Waals surface area contributed by atoms with E-state index in [4.69, 9.17) is 4.74 Å². The van der Waals surface area contributed by atoms with Crippen molar-refractivity contribution in [2.45, 2.75) is 45.1 Å². The van der Waals surface area contributed by atoms with Gasteiger partial charge in [0, 0.05) is 19.3 Å². The lowest BCUT2D eigenvalue weighted by Crippen LogP contribution is -2.37. The lowest BCUT2D eigenvalue weighted by molar-refractivity contribution is -0.149. The zero-order valence-corrected chi connectivity index (χ0v) is 12.5. The van der Waals surface area contributed by atoms with E-state index in [9.17, 15) is 4.79 Å². The maximum absolute atomic E-state index is 11.8. The monoisotopic (exact) mass is 279 g/mol. The minimum atomic E-state index is -0.0220. The smallest absolute Gasteiger partial charge is 0.308 e. The van der Waals surface area contributed by atoms with Gasteiger partial charge in [-0.05, 0) is 44.7 Å². The van der Waals surface area contributed by atoms with Crippen LogP contribution in [0.5, 0.6) is 0 Å². The van der Waals surface area contributed by atoms with Crippen LogP contribution in [0.2, 0.25) is 0 Å². The zero-order valence-electron chi connectivity index (χ0n) is 12.5. The fraction of sp³-hybridized carbons (Fsp3) is 0.733. The fourth-order valence-electron chi connectivity index (χ4n) is 2.87. The molecule has 2 unspecified atom stereocenters. The second-order valence-corrected chi connectivity index (χ2v) is 5.54. The third-order valence-corrected chi connectivity index (χ3v) is 3.90. The first-order valence-corrected chi connectivity index (χ1v) is 7.56. The Labute approximate surface area is 120 Å². The molecule has 1 N–H and O–H groups in total. The number of nitrogens with one attached hydrogen (secondary N) is 1. The summed E-state index contributed by atoms with van der Waals surface area (Å²) in [6.45, 7) is 3.28. The SMILES string of the molecule is CCOC(=O)C1CCCC(NCCc2cnn(C)c2)C1. The van der Waals surface area contributed by atoms with Crippen molar-refractivity contribution in [3.8, 4) is 0 Å². The van der Waals surface area contributed by atoms with Crippen LogP contribution in [-0.4, -0.2) is 34.9 Å². The van der Waals surface area contributed by atoms with E-state index in [2.05, 4.69) is 10.4 Å². The lowest BCUT2D eigenvalue weighted by atomic mass is 9.85. The average molecular weight is 279 g/mol. The number of aryl methyl sites for hydroxylation is 1. The van der Waals surface area contributed by atoms with Gasteiger partial charge < -0.3 is 10.1 Å². The van der Waals surface area contributed by atoms with E-state index in [1.807, 2.05) is 31.0 Å². The van der Waals surface area contributed by atoms with Gasteiger partial charge in [-0.1, -0.05) is 6.42 Å². The Kier molecular flexibility index (Phi) is 5.59. The summed E-state index contributed by atoms with van der Waals surface area (Å²) in [6.07, 6.45) is 9.07. The highest BCUT2D eigenvalue weighted by atomic mass is 16.5. The van der Waals surface area contributed by atoms with Crippen LogP contribution in [0.1, 0.15) is 38.2 Å². The van der Waals surface area contributed by atoms with Crippen molar-refractivity contribution in [2.75, 3.05) is 13.2 Å². The van der Waals surface area contributed by atoms with E-state index in [1.54, 1.807) is 0 Å². The quantitative estimate of drug-likeness (QED) is 0.805. The van der Waals surface area contributed by atoms with Crippen molar-refractivity contribution in [2.24, 2.45) is 13.0 Å². The van der Waals surface area contributed by atoms with Crippen molar-refractivity contribution in [1.29, 1.82) is 0 Å². The summed E-state index contributed by atoms with van der Waals surface area (Å²) in [6, 6.07) is 0.440. The summed E-state index contributed by atoms with van der Waals surface area (Å²) in [5, 5.41) is 7.73. The highest BCUT2D eigenvalue weighted by molar-refractivity contribution is 5.72. The van der Waals surface area contributed by atoms with Gasteiger partial charge in [0.15, 0.2) is 0 Å². The van der Waals surface area contributed by atoms with E-state index in [0.717, 1.165) is 38.6 Å². The molecule has 2 rings (SSSR count). The van der Waals surface area contributed by atoms with Crippen molar-refractivity contribution in [1.82, 2.24) is 15.1 Å². The molecule has 0 spiro atoms. The number of ether oxygens (including phenoxy) is 1. The molecular formula is C15H25N3O2. The Balaban J connectivity index is 1.71. The second-order valence-electron chi connectivity index (χ2n) is 5.54. The first kappa shape index (κ1) is 15.0. The van der Waals surface area contributed by atoms with Gasteiger partial charge in [-0.2, -0.15) is 5.10 Å². The van der Waals surface area contributed by atoms with Crippen LogP contribution >= 0.6 is 0 Å². The molecule has 0 aliphatic heterocycles. The number of hydrogen-bond donors (Lipinski definition) is 1. The van der Waals surface area contributed by atoms with Crippen LogP contribution < -0.4 is 5.32 Å². The highest BCUT2D eigenvalue weighted by Crippen LogP contribution is 2.25. The van der Waals surface area contributed by atoms with E-state index in [1.165, 1.54) is 5.56 Å². The molecule has 1 saturated carbocycles. The molecule has 20 heavy (non-hydrogen) atoms. The second kappa shape index (κ2) is 7.43. The predicted molar refractivity (Wildman–Crippen MR) is 77.3 cm³/mol. The normalized spacial score (nSPS) is 22.7. The molecule has 0 amide bonds. The van der Waals surface area contributed by atoms with Crippen LogP contribution in [0.15, 0.2) is 12.4 Å². The van der Waals surface area contributed by atoms with Crippen LogP contribution in [0.4, 0.5) is 0 Å². The van der Waals surface area contributed by atoms with Gasteiger partial charge in [0.05, 0.1) is 18.7 Å². The zero-order chi connectivity index (χ0) is 14.4. The molecule has 1 fully saturated rings. The summed E-state index contributed by atoms with van der Waals surface area (Å²) in [5.41, 5.74) is 1.25. The summed E-state index contributed by atoms with van der Waals surface area (Å²) >= 11 is 0. The van der Waals surface area contributed by atoms with E-state index >= 15 is 0 Å². The molecule has 2 atom stereocenters. The molecule has 1 aliphatic carbocycles. The molecule has 1 aromatic rings. The number of carbonyl (C=O) groups excluding carboxylic acids is 1. The van der Waals surface area contributed by atoms with Crippen LogP contribution in [0, 0.1) is 5.92 Å². The average Bonchev–Trinajstić information content (AvgIpc) is 2.85. The van der Waals surface area contributed by atoms with Gasteiger partial charge in [-0.25, -0.2) is 0 Å². The van der Waals surface area contributed by atoms with E-state index in [-0.39, 0.29) is 11.9 Å². The Hall–Kier alpha value is -1.36. The number of carbonyl (C=O) groups is 1. The first-order valence-electron chi connectivity index (χ1n) is 7.56. The molecule has 0 saturated heterocycles. The Morgan fingerprint density at radius 2 is 2.40 bits per heavy atom. The molecule has 0 aromatic carbocycles. The number of rotatable bonds is 6. The number of aromatic nitrogens is 2. The molecule has 1 aliphatic rings. The predicted octanol–water partition coefficient (Wildman–Crippen LogP) is 1.67. The maximum Gasteiger partial charge on any atom is 0.308 e. The van der Waals surface area contributed by atoms with Crippen molar-refractivity contribution in [3.05, 3.63) is 18.0 Å². The Morgan fingerprint density at radius 1 is 1.55 bits per heavy atom.